The third-order valence-electron chi connectivity index (χ3n) is 4.20. The predicted octanol–water partition coefficient (Wildman–Crippen LogP) is 4.60. The molecule has 0 radical (unpaired) electrons. The maximum absolute atomic E-state index is 12.8. The summed E-state index contributed by atoms with van der Waals surface area (Å²) in [6.45, 7) is 9.87. The van der Waals surface area contributed by atoms with Crippen LogP contribution in [0.2, 0.25) is 0 Å². The molecule has 1 amide bonds. The van der Waals surface area contributed by atoms with Crippen LogP contribution in [0.5, 0.6) is 0 Å². The van der Waals surface area contributed by atoms with E-state index in [0.29, 0.717) is 5.56 Å². The molecule has 0 bridgehead atoms. The Balaban J connectivity index is 2.36. The second kappa shape index (κ2) is 6.66. The summed E-state index contributed by atoms with van der Waals surface area (Å²) >= 11 is 0. The van der Waals surface area contributed by atoms with Crippen molar-refractivity contribution in [3.05, 3.63) is 69.8 Å². The Morgan fingerprint density at radius 3 is 2.13 bits per heavy atom. The number of benzene rings is 2. The second-order valence-corrected chi connectivity index (χ2v) is 6.17. The van der Waals surface area contributed by atoms with Gasteiger partial charge in [-0.1, -0.05) is 35.4 Å². The summed E-state index contributed by atoms with van der Waals surface area (Å²) in [5, 5.41) is 9.51. The molecule has 3 nitrogen and oxygen atoms in total. The van der Waals surface area contributed by atoms with Gasteiger partial charge in [-0.3, -0.25) is 4.79 Å². The van der Waals surface area contributed by atoms with Gasteiger partial charge in [0.15, 0.2) is 6.19 Å². The van der Waals surface area contributed by atoms with Gasteiger partial charge in [-0.05, 0) is 63.4 Å². The minimum absolute atomic E-state index is 0.259. The van der Waals surface area contributed by atoms with Crippen LogP contribution in [0.15, 0.2) is 36.4 Å². The Morgan fingerprint density at radius 1 is 1.00 bits per heavy atom. The summed E-state index contributed by atoms with van der Waals surface area (Å²) in [6, 6.07) is 11.4. The standard InChI is InChI=1S/C20H22N2O/c1-13-8-14(2)10-19(9-13)20(23)22(12-21)17(5)18-7-6-15(3)16(4)11-18/h6-11,17H,1-5H3. The molecule has 2 rings (SSSR count). The maximum Gasteiger partial charge on any atom is 0.267 e. The predicted molar refractivity (Wildman–Crippen MR) is 92.0 cm³/mol. The van der Waals surface area contributed by atoms with Gasteiger partial charge in [0.05, 0.1) is 6.04 Å². The Morgan fingerprint density at radius 2 is 1.61 bits per heavy atom. The molecule has 0 aliphatic carbocycles. The summed E-state index contributed by atoms with van der Waals surface area (Å²) in [4.78, 5) is 14.0. The molecule has 1 unspecified atom stereocenters. The number of nitrogens with zero attached hydrogens (tertiary/aromatic N) is 2. The summed E-state index contributed by atoms with van der Waals surface area (Å²) in [5.41, 5.74) is 5.92. The van der Waals surface area contributed by atoms with Gasteiger partial charge in [-0.15, -0.1) is 0 Å². The average molecular weight is 306 g/mol. The van der Waals surface area contributed by atoms with Gasteiger partial charge >= 0.3 is 0 Å². The number of carbonyl (C=O) groups excluding carboxylic acids is 1. The third-order valence-corrected chi connectivity index (χ3v) is 4.20. The highest BCUT2D eigenvalue weighted by Crippen LogP contribution is 2.24. The zero-order valence-electron chi connectivity index (χ0n) is 14.3. The number of carbonyl (C=O) groups is 1. The van der Waals surface area contributed by atoms with E-state index in [9.17, 15) is 10.1 Å². The van der Waals surface area contributed by atoms with E-state index in [-0.39, 0.29) is 11.9 Å². The van der Waals surface area contributed by atoms with Crippen LogP contribution >= 0.6 is 0 Å². The summed E-state index contributed by atoms with van der Waals surface area (Å²) < 4.78 is 0. The lowest BCUT2D eigenvalue weighted by atomic mass is 10.00. The van der Waals surface area contributed by atoms with E-state index in [4.69, 9.17) is 0 Å². The van der Waals surface area contributed by atoms with E-state index in [0.717, 1.165) is 22.3 Å². The monoisotopic (exact) mass is 306 g/mol. The van der Waals surface area contributed by atoms with Crippen molar-refractivity contribution in [3.8, 4) is 6.19 Å². The number of hydrogen-bond acceptors (Lipinski definition) is 2. The average Bonchev–Trinajstić information content (AvgIpc) is 2.49. The zero-order valence-corrected chi connectivity index (χ0v) is 14.3. The van der Waals surface area contributed by atoms with Crippen molar-refractivity contribution in [3.63, 3.8) is 0 Å². The van der Waals surface area contributed by atoms with Crippen LogP contribution in [0.1, 0.15) is 51.1 Å². The van der Waals surface area contributed by atoms with Gasteiger partial charge in [0.1, 0.15) is 0 Å². The summed E-state index contributed by atoms with van der Waals surface area (Å²) in [7, 11) is 0. The molecule has 0 aromatic heterocycles. The van der Waals surface area contributed by atoms with Gasteiger partial charge in [0.25, 0.3) is 5.91 Å². The van der Waals surface area contributed by atoms with Crippen molar-refractivity contribution < 1.29 is 4.79 Å². The van der Waals surface area contributed by atoms with Crippen molar-refractivity contribution in [2.24, 2.45) is 0 Å². The first-order valence-corrected chi connectivity index (χ1v) is 7.72. The van der Waals surface area contributed by atoms with Crippen molar-refractivity contribution in [1.29, 1.82) is 5.26 Å². The molecule has 118 valence electrons. The lowest BCUT2D eigenvalue weighted by Crippen LogP contribution is -2.29. The Labute approximate surface area is 138 Å². The minimum atomic E-state index is -0.299. The first-order valence-electron chi connectivity index (χ1n) is 7.72. The van der Waals surface area contributed by atoms with Crippen molar-refractivity contribution >= 4 is 5.91 Å². The molecule has 23 heavy (non-hydrogen) atoms. The molecule has 0 aliphatic heterocycles. The molecule has 0 fully saturated rings. The minimum Gasteiger partial charge on any atom is -0.268 e. The van der Waals surface area contributed by atoms with Gasteiger partial charge in [-0.2, -0.15) is 5.26 Å². The lowest BCUT2D eigenvalue weighted by molar-refractivity contribution is 0.0790. The molecule has 3 heteroatoms. The fourth-order valence-corrected chi connectivity index (χ4v) is 2.72. The quantitative estimate of drug-likeness (QED) is 0.614. The second-order valence-electron chi connectivity index (χ2n) is 6.17. The van der Waals surface area contributed by atoms with Crippen LogP contribution in [-0.4, -0.2) is 10.8 Å². The summed E-state index contributed by atoms with van der Waals surface area (Å²) in [6.07, 6.45) is 2.06. The van der Waals surface area contributed by atoms with E-state index in [2.05, 4.69) is 6.19 Å². The molecule has 0 saturated heterocycles. The van der Waals surface area contributed by atoms with E-state index in [1.165, 1.54) is 10.5 Å². The molecule has 0 N–H and O–H groups in total. The van der Waals surface area contributed by atoms with E-state index in [1.54, 1.807) is 0 Å². The molecule has 0 saturated carbocycles. The number of amides is 1. The van der Waals surface area contributed by atoms with Crippen LogP contribution < -0.4 is 0 Å². The van der Waals surface area contributed by atoms with Crippen molar-refractivity contribution in [2.45, 2.75) is 40.7 Å². The van der Waals surface area contributed by atoms with Crippen molar-refractivity contribution in [1.82, 2.24) is 4.90 Å². The first-order chi connectivity index (χ1) is 10.8. The van der Waals surface area contributed by atoms with Gasteiger partial charge in [-0.25, -0.2) is 4.90 Å². The normalized spacial score (nSPS) is 11.7. The van der Waals surface area contributed by atoms with Crippen molar-refractivity contribution in [2.75, 3.05) is 0 Å². The van der Waals surface area contributed by atoms with Crippen LogP contribution in [0, 0.1) is 39.1 Å². The lowest BCUT2D eigenvalue weighted by Gasteiger charge is -2.23. The molecule has 2 aromatic carbocycles. The highest BCUT2D eigenvalue weighted by Gasteiger charge is 2.23. The molecule has 2 aromatic rings. The Bertz CT molecular complexity index is 766. The smallest absolute Gasteiger partial charge is 0.267 e. The largest absolute Gasteiger partial charge is 0.268 e. The van der Waals surface area contributed by atoms with Crippen LogP contribution in [0.3, 0.4) is 0 Å². The first kappa shape index (κ1) is 16.8. The third kappa shape index (κ3) is 3.60. The molecular weight excluding hydrogens is 284 g/mol. The number of hydrogen-bond donors (Lipinski definition) is 0. The topological polar surface area (TPSA) is 44.1 Å². The van der Waals surface area contributed by atoms with Gasteiger partial charge in [0, 0.05) is 5.56 Å². The maximum atomic E-state index is 12.8. The molecule has 0 spiro atoms. The zero-order chi connectivity index (χ0) is 17.1. The highest BCUT2D eigenvalue weighted by molar-refractivity contribution is 5.95. The Kier molecular flexibility index (Phi) is 4.86. The molecular formula is C20H22N2O. The molecule has 0 aliphatic rings. The van der Waals surface area contributed by atoms with Crippen LogP contribution in [0.25, 0.3) is 0 Å². The SMILES string of the molecule is Cc1cc(C)cc(C(=O)N(C#N)C(C)c2ccc(C)c(C)c2)c1. The van der Waals surface area contributed by atoms with E-state index >= 15 is 0 Å². The van der Waals surface area contributed by atoms with Crippen LogP contribution in [-0.2, 0) is 0 Å². The number of rotatable bonds is 3. The van der Waals surface area contributed by atoms with Gasteiger partial charge < -0.3 is 0 Å². The fourth-order valence-electron chi connectivity index (χ4n) is 2.72. The van der Waals surface area contributed by atoms with E-state index in [1.807, 2.05) is 71.0 Å². The fraction of sp³-hybridized carbons (Fsp3) is 0.300. The van der Waals surface area contributed by atoms with E-state index < -0.39 is 0 Å². The summed E-state index contributed by atoms with van der Waals surface area (Å²) in [5.74, 6) is -0.259. The Hall–Kier alpha value is -2.60. The number of nitriles is 1. The van der Waals surface area contributed by atoms with Crippen LogP contribution in [0.4, 0.5) is 0 Å². The molecule has 0 heterocycles. The highest BCUT2D eigenvalue weighted by atomic mass is 16.2. The molecule has 1 atom stereocenters. The van der Waals surface area contributed by atoms with Gasteiger partial charge in [0.2, 0.25) is 0 Å². The number of aryl methyl sites for hydroxylation is 4.